The summed E-state index contributed by atoms with van der Waals surface area (Å²) < 4.78 is 11.9. The minimum Gasteiger partial charge on any atom is -0.400 e. The molecule has 0 unspecified atom stereocenters. The van der Waals surface area contributed by atoms with Crippen LogP contribution >= 0.6 is 0 Å². The Morgan fingerprint density at radius 2 is 1.81 bits per heavy atom. The van der Waals surface area contributed by atoms with Gasteiger partial charge in [0, 0.05) is 12.2 Å². The summed E-state index contributed by atoms with van der Waals surface area (Å²) in [4.78, 5) is 4.46. The van der Waals surface area contributed by atoms with Gasteiger partial charge in [0.25, 0.3) is 0 Å². The molecule has 5 heteroatoms. The lowest BCUT2D eigenvalue weighted by atomic mass is 9.89. The zero-order valence-corrected chi connectivity index (χ0v) is 13.8. The van der Waals surface area contributed by atoms with E-state index in [1.807, 2.05) is 31.4 Å². The molecule has 0 amide bonds. The number of aromatic nitrogens is 1. The first-order valence-corrected chi connectivity index (χ1v) is 7.42. The molecule has 1 aliphatic rings. The zero-order valence-electron chi connectivity index (χ0n) is 13.8. The van der Waals surface area contributed by atoms with Crippen LogP contribution in [0, 0.1) is 0 Å². The van der Waals surface area contributed by atoms with E-state index < -0.39 is 0 Å². The van der Waals surface area contributed by atoms with Gasteiger partial charge in [-0.05, 0) is 53.3 Å². The van der Waals surface area contributed by atoms with Crippen molar-refractivity contribution in [2.24, 2.45) is 0 Å². The van der Waals surface area contributed by atoms with Crippen molar-refractivity contribution in [1.29, 1.82) is 0 Å². The van der Waals surface area contributed by atoms with Crippen LogP contribution < -0.4 is 5.32 Å². The van der Waals surface area contributed by atoms with Gasteiger partial charge in [-0.25, -0.2) is 0 Å². The summed E-state index contributed by atoms with van der Waals surface area (Å²) in [7, 11) is 1.62. The van der Waals surface area contributed by atoms with E-state index in [9.17, 15) is 0 Å². The fourth-order valence-corrected chi connectivity index (χ4v) is 2.08. The molecule has 21 heavy (non-hydrogen) atoms. The molecule has 4 nitrogen and oxygen atoms in total. The van der Waals surface area contributed by atoms with Gasteiger partial charge < -0.3 is 14.6 Å². The molecule has 1 fully saturated rings. The predicted molar refractivity (Wildman–Crippen MR) is 86.8 cm³/mol. The minimum atomic E-state index is -0.314. The van der Waals surface area contributed by atoms with Crippen LogP contribution in [0.2, 0.25) is 0 Å². The van der Waals surface area contributed by atoms with Gasteiger partial charge in [-0.3, -0.25) is 4.98 Å². The Labute approximate surface area is 128 Å². The second kappa shape index (κ2) is 5.91. The molecule has 0 spiro atoms. The molecule has 0 saturated carbocycles. The average Bonchev–Trinajstić information content (AvgIpc) is 2.64. The van der Waals surface area contributed by atoms with Crippen LogP contribution in [0.3, 0.4) is 0 Å². The fourth-order valence-electron chi connectivity index (χ4n) is 2.08. The maximum Gasteiger partial charge on any atom is 0.487 e. The predicted octanol–water partition coefficient (Wildman–Crippen LogP) is 3.01. The van der Waals surface area contributed by atoms with E-state index in [1.54, 1.807) is 0 Å². The highest BCUT2D eigenvalue weighted by Crippen LogP contribution is 2.36. The van der Waals surface area contributed by atoms with Crippen LogP contribution in [0.1, 0.15) is 51.9 Å². The molecule has 1 saturated heterocycles. The van der Waals surface area contributed by atoms with Crippen molar-refractivity contribution < 1.29 is 9.31 Å². The lowest BCUT2D eigenvalue weighted by Gasteiger charge is -2.32. The van der Waals surface area contributed by atoms with Gasteiger partial charge in [-0.1, -0.05) is 18.1 Å². The fraction of sp³-hybridized carbons (Fsp3) is 0.562. The Hall–Kier alpha value is -1.17. The van der Waals surface area contributed by atoms with E-state index in [0.717, 1.165) is 11.3 Å². The van der Waals surface area contributed by atoms with Crippen molar-refractivity contribution in [2.75, 3.05) is 7.05 Å². The summed E-state index contributed by atoms with van der Waals surface area (Å²) in [6.45, 7) is 10.3. The first kappa shape index (κ1) is 16.2. The minimum absolute atomic E-state index is 0.256. The Morgan fingerprint density at radius 3 is 2.29 bits per heavy atom. The highest BCUT2D eigenvalue weighted by atomic mass is 16.7. The summed E-state index contributed by atoms with van der Waals surface area (Å²) >= 11 is 0. The molecule has 114 valence electrons. The number of hydrogen-bond donors (Lipinski definition) is 1. The van der Waals surface area contributed by atoms with Crippen molar-refractivity contribution in [3.63, 3.8) is 0 Å². The van der Waals surface area contributed by atoms with Crippen molar-refractivity contribution in [1.82, 2.24) is 10.3 Å². The third-order valence-corrected chi connectivity index (χ3v) is 4.40. The summed E-state index contributed by atoms with van der Waals surface area (Å²) in [5.74, 6) is 1.94. The number of hydrogen-bond acceptors (Lipinski definition) is 4. The molecule has 1 aliphatic heterocycles. The van der Waals surface area contributed by atoms with Crippen LogP contribution in [0.5, 0.6) is 0 Å². The maximum absolute atomic E-state index is 5.93. The molecular formula is C16H25BN2O2. The molecular weight excluding hydrogens is 263 g/mol. The van der Waals surface area contributed by atoms with Crippen molar-refractivity contribution >= 4 is 13.2 Å². The number of pyridine rings is 1. The van der Waals surface area contributed by atoms with E-state index in [2.05, 4.69) is 51.0 Å². The quantitative estimate of drug-likeness (QED) is 0.865. The monoisotopic (exact) mass is 288 g/mol. The van der Waals surface area contributed by atoms with E-state index in [4.69, 9.17) is 9.31 Å². The molecule has 0 aromatic carbocycles. The van der Waals surface area contributed by atoms with Crippen LogP contribution in [-0.2, 0) is 9.31 Å². The van der Waals surface area contributed by atoms with Gasteiger partial charge in [-0.2, -0.15) is 0 Å². The molecule has 1 N–H and O–H groups in total. The van der Waals surface area contributed by atoms with Crippen molar-refractivity contribution in [2.45, 2.75) is 51.9 Å². The SMILES string of the molecule is CN[C@@H](C)c1ccc(/C=C/B2OC(C)(C)C(C)(C)O2)cn1. The number of nitrogens with one attached hydrogen (secondary N) is 1. The second-order valence-corrected chi connectivity index (χ2v) is 6.51. The summed E-state index contributed by atoms with van der Waals surface area (Å²) in [6.07, 6.45) is 3.86. The van der Waals surface area contributed by atoms with Gasteiger partial charge in [-0.15, -0.1) is 0 Å². The Balaban J connectivity index is 2.03. The highest BCUT2D eigenvalue weighted by molar-refractivity contribution is 6.52. The van der Waals surface area contributed by atoms with Crippen molar-refractivity contribution in [3.05, 3.63) is 35.6 Å². The number of nitrogens with zero attached hydrogens (tertiary/aromatic N) is 1. The van der Waals surface area contributed by atoms with Crippen LogP contribution in [-0.4, -0.2) is 30.4 Å². The topological polar surface area (TPSA) is 43.4 Å². The third-order valence-electron chi connectivity index (χ3n) is 4.40. The molecule has 1 aromatic heterocycles. The normalized spacial score (nSPS) is 21.9. The van der Waals surface area contributed by atoms with E-state index in [0.29, 0.717) is 0 Å². The highest BCUT2D eigenvalue weighted by Gasteiger charge is 2.49. The molecule has 1 aromatic rings. The van der Waals surface area contributed by atoms with Crippen molar-refractivity contribution in [3.8, 4) is 0 Å². The van der Waals surface area contributed by atoms with Gasteiger partial charge in [0.2, 0.25) is 0 Å². The van der Waals surface area contributed by atoms with E-state index >= 15 is 0 Å². The van der Waals surface area contributed by atoms with E-state index in [1.165, 1.54) is 0 Å². The first-order valence-electron chi connectivity index (χ1n) is 7.42. The lowest BCUT2D eigenvalue weighted by Crippen LogP contribution is -2.41. The average molecular weight is 288 g/mol. The maximum atomic E-state index is 5.93. The molecule has 2 rings (SSSR count). The third kappa shape index (κ3) is 3.54. The van der Waals surface area contributed by atoms with E-state index in [-0.39, 0.29) is 24.4 Å². The second-order valence-electron chi connectivity index (χ2n) is 6.51. The first-order chi connectivity index (χ1) is 9.75. The van der Waals surface area contributed by atoms with Gasteiger partial charge >= 0.3 is 7.12 Å². The lowest BCUT2D eigenvalue weighted by molar-refractivity contribution is 0.00578. The zero-order chi connectivity index (χ0) is 15.7. The summed E-state index contributed by atoms with van der Waals surface area (Å²) in [5, 5.41) is 3.17. The molecule has 0 radical (unpaired) electrons. The van der Waals surface area contributed by atoms with Gasteiger partial charge in [0.05, 0.1) is 16.9 Å². The van der Waals surface area contributed by atoms with Gasteiger partial charge in [0.1, 0.15) is 0 Å². The Kier molecular flexibility index (Phi) is 4.56. The van der Waals surface area contributed by atoms with Crippen LogP contribution in [0.4, 0.5) is 0 Å². The molecule has 0 bridgehead atoms. The smallest absolute Gasteiger partial charge is 0.400 e. The van der Waals surface area contributed by atoms with Crippen LogP contribution in [0.25, 0.3) is 6.08 Å². The Morgan fingerprint density at radius 1 is 1.19 bits per heavy atom. The molecule has 1 atom stereocenters. The van der Waals surface area contributed by atoms with Crippen LogP contribution in [0.15, 0.2) is 24.3 Å². The number of rotatable bonds is 4. The molecule has 2 heterocycles. The summed E-state index contributed by atoms with van der Waals surface area (Å²) in [6, 6.07) is 4.34. The van der Waals surface area contributed by atoms with Gasteiger partial charge in [0.15, 0.2) is 0 Å². The largest absolute Gasteiger partial charge is 0.487 e. The Bertz CT molecular complexity index is 496. The standard InChI is InChI=1S/C16H25BN2O2/c1-12(18-6)14-8-7-13(11-19-14)9-10-17-20-15(2,3)16(4,5)21-17/h7-12,18H,1-6H3/b10-9+/t12-/m0/s1. The molecule has 0 aliphatic carbocycles. The summed E-state index contributed by atoms with van der Waals surface area (Å²) in [5.41, 5.74) is 1.47.